The molecular weight excluding hydrogens is 268 g/mol. The third kappa shape index (κ3) is 3.92. The molecule has 0 amide bonds. The Morgan fingerprint density at radius 3 is 2.35 bits per heavy atom. The van der Waals surface area contributed by atoms with E-state index in [2.05, 4.69) is 26.6 Å². The number of carbonyl (C=O) groups is 1. The van der Waals surface area contributed by atoms with Crippen LogP contribution in [0.2, 0.25) is 19.6 Å². The molecule has 1 aliphatic carbocycles. The van der Waals surface area contributed by atoms with Crippen LogP contribution in [0.5, 0.6) is 0 Å². The fraction of sp³-hybridized carbons (Fsp3) is 0.938. The van der Waals surface area contributed by atoms with Crippen LogP contribution in [-0.4, -0.2) is 31.9 Å². The van der Waals surface area contributed by atoms with Crippen molar-refractivity contribution in [2.75, 3.05) is 0 Å². The highest BCUT2D eigenvalue weighted by Gasteiger charge is 2.66. The van der Waals surface area contributed by atoms with Crippen LogP contribution in [0.4, 0.5) is 0 Å². The highest BCUT2D eigenvalue weighted by Crippen LogP contribution is 2.49. The van der Waals surface area contributed by atoms with E-state index in [0.717, 1.165) is 12.8 Å². The maximum atomic E-state index is 11.9. The molecule has 1 saturated carbocycles. The Balaban J connectivity index is 1.84. The normalized spacial score (nSPS) is 32.5. The Hall–Kier alpha value is -0.193. The summed E-state index contributed by atoms with van der Waals surface area (Å²) in [5, 5.41) is 0. The number of epoxide rings is 1. The van der Waals surface area contributed by atoms with E-state index in [1.165, 1.54) is 32.1 Å². The number of Topliss-reactive ketones (excluding diaryl/α,β-unsaturated/α-hetero) is 1. The summed E-state index contributed by atoms with van der Waals surface area (Å²) in [6.07, 6.45) is 9.19. The molecule has 1 saturated heterocycles. The first-order valence-corrected chi connectivity index (χ1v) is 11.7. The molecule has 0 aromatic rings. The lowest BCUT2D eigenvalue weighted by Gasteiger charge is -2.36. The fourth-order valence-corrected chi connectivity index (χ4v) is 4.95. The van der Waals surface area contributed by atoms with Gasteiger partial charge in [-0.05, 0) is 26.1 Å². The van der Waals surface area contributed by atoms with Crippen molar-refractivity contribution in [1.82, 2.24) is 0 Å². The van der Waals surface area contributed by atoms with Gasteiger partial charge in [0.05, 0.1) is 5.60 Å². The highest BCUT2D eigenvalue weighted by atomic mass is 28.4. The van der Waals surface area contributed by atoms with E-state index >= 15 is 0 Å². The lowest BCUT2D eigenvalue weighted by Crippen LogP contribution is -2.45. The van der Waals surface area contributed by atoms with Crippen LogP contribution in [0.1, 0.15) is 58.3 Å². The first-order chi connectivity index (χ1) is 9.38. The van der Waals surface area contributed by atoms with Gasteiger partial charge in [-0.15, -0.1) is 0 Å². The fourth-order valence-electron chi connectivity index (χ4n) is 3.44. The second-order valence-corrected chi connectivity index (χ2v) is 11.8. The summed E-state index contributed by atoms with van der Waals surface area (Å²) in [4.78, 5) is 11.9. The zero-order valence-corrected chi connectivity index (χ0v) is 14.5. The number of fused-ring (bicyclic) bond motifs is 1. The summed E-state index contributed by atoms with van der Waals surface area (Å²) in [7, 11) is -1.65. The highest BCUT2D eigenvalue weighted by molar-refractivity contribution is 6.69. The summed E-state index contributed by atoms with van der Waals surface area (Å²) in [6.45, 7) is 8.86. The Morgan fingerprint density at radius 2 is 1.85 bits per heavy atom. The van der Waals surface area contributed by atoms with Crippen LogP contribution in [0.15, 0.2) is 0 Å². The van der Waals surface area contributed by atoms with Crippen LogP contribution < -0.4 is 0 Å². The zero-order chi connectivity index (χ0) is 14.8. The van der Waals surface area contributed by atoms with Crippen LogP contribution >= 0.6 is 0 Å². The molecular formula is C16H30O3Si. The molecule has 0 radical (unpaired) electrons. The van der Waals surface area contributed by atoms with Gasteiger partial charge in [-0.25, -0.2) is 0 Å². The first kappa shape index (κ1) is 16.2. The number of hydrogen-bond acceptors (Lipinski definition) is 3. The SMILES string of the molecule is CCCCCCCCC1(O[Si](C)(C)C)CC(=O)C2OC21. The minimum absolute atomic E-state index is 0.0670. The molecule has 1 aliphatic heterocycles. The third-order valence-corrected chi connectivity index (χ3v) is 5.28. The van der Waals surface area contributed by atoms with Crippen LogP contribution in [0.3, 0.4) is 0 Å². The summed E-state index contributed by atoms with van der Waals surface area (Å²) in [5.74, 6) is 0.263. The number of ketones is 1. The van der Waals surface area contributed by atoms with Gasteiger partial charge in [0.25, 0.3) is 0 Å². The van der Waals surface area contributed by atoms with Crippen molar-refractivity contribution in [1.29, 1.82) is 0 Å². The molecule has 3 nitrogen and oxygen atoms in total. The van der Waals surface area contributed by atoms with Crippen LogP contribution in [0, 0.1) is 0 Å². The molecule has 2 rings (SSSR count). The van der Waals surface area contributed by atoms with E-state index in [4.69, 9.17) is 9.16 Å². The van der Waals surface area contributed by atoms with Crippen molar-refractivity contribution in [3.63, 3.8) is 0 Å². The Labute approximate surface area is 124 Å². The molecule has 116 valence electrons. The monoisotopic (exact) mass is 298 g/mol. The van der Waals surface area contributed by atoms with Gasteiger partial charge in [-0.3, -0.25) is 4.79 Å². The van der Waals surface area contributed by atoms with Crippen molar-refractivity contribution in [3.8, 4) is 0 Å². The molecule has 20 heavy (non-hydrogen) atoms. The maximum absolute atomic E-state index is 11.9. The van der Waals surface area contributed by atoms with Crippen molar-refractivity contribution < 1.29 is 14.0 Å². The van der Waals surface area contributed by atoms with Crippen LogP contribution in [-0.2, 0) is 14.0 Å². The zero-order valence-electron chi connectivity index (χ0n) is 13.5. The number of unbranched alkanes of at least 4 members (excludes halogenated alkanes) is 5. The predicted molar refractivity (Wildman–Crippen MR) is 83.4 cm³/mol. The third-order valence-electron chi connectivity index (χ3n) is 4.26. The lowest BCUT2D eigenvalue weighted by atomic mass is 9.93. The van der Waals surface area contributed by atoms with Gasteiger partial charge < -0.3 is 9.16 Å². The van der Waals surface area contributed by atoms with E-state index in [-0.39, 0.29) is 23.6 Å². The van der Waals surface area contributed by atoms with Crippen molar-refractivity contribution in [3.05, 3.63) is 0 Å². The van der Waals surface area contributed by atoms with Gasteiger partial charge in [0, 0.05) is 6.42 Å². The predicted octanol–water partition coefficient (Wildman–Crippen LogP) is 4.07. The molecule has 4 heteroatoms. The molecule has 3 atom stereocenters. The Bertz CT molecular complexity index is 350. The second-order valence-electron chi connectivity index (χ2n) is 7.42. The average molecular weight is 298 g/mol. The summed E-state index contributed by atoms with van der Waals surface area (Å²) in [6, 6.07) is 0. The number of hydrogen-bond donors (Lipinski definition) is 0. The van der Waals surface area contributed by atoms with Gasteiger partial charge in [0.15, 0.2) is 14.1 Å². The largest absolute Gasteiger partial charge is 0.409 e. The molecule has 0 N–H and O–H groups in total. The minimum Gasteiger partial charge on any atom is -0.409 e. The standard InChI is InChI=1S/C16H30O3Si/c1-5-6-7-8-9-10-11-16(19-20(2,3)4)12-13(17)14-15(16)18-14/h14-15H,5-12H2,1-4H3. The van der Waals surface area contributed by atoms with Gasteiger partial charge in [0.1, 0.15) is 12.2 Å². The number of carbonyl (C=O) groups excluding carboxylic acids is 1. The second kappa shape index (κ2) is 6.28. The Morgan fingerprint density at radius 1 is 1.20 bits per heavy atom. The summed E-state index contributed by atoms with van der Waals surface area (Å²) in [5.41, 5.74) is -0.281. The van der Waals surface area contributed by atoms with E-state index in [1.807, 2.05) is 0 Å². The van der Waals surface area contributed by atoms with Gasteiger partial charge in [0.2, 0.25) is 0 Å². The molecule has 0 aromatic heterocycles. The molecule has 0 spiro atoms. The van der Waals surface area contributed by atoms with E-state index < -0.39 is 8.32 Å². The maximum Gasteiger partial charge on any atom is 0.184 e. The quantitative estimate of drug-likeness (QED) is 0.366. The van der Waals surface area contributed by atoms with Gasteiger partial charge in [-0.2, -0.15) is 0 Å². The lowest BCUT2D eigenvalue weighted by molar-refractivity contribution is -0.124. The van der Waals surface area contributed by atoms with E-state index in [1.54, 1.807) is 0 Å². The molecule has 2 fully saturated rings. The molecule has 0 bridgehead atoms. The van der Waals surface area contributed by atoms with Crippen molar-refractivity contribution in [2.24, 2.45) is 0 Å². The minimum atomic E-state index is -1.65. The van der Waals surface area contributed by atoms with E-state index in [9.17, 15) is 4.79 Å². The molecule has 2 aliphatic rings. The van der Waals surface area contributed by atoms with E-state index in [0.29, 0.717) is 6.42 Å². The first-order valence-electron chi connectivity index (χ1n) is 8.26. The number of rotatable bonds is 9. The molecule has 3 unspecified atom stereocenters. The summed E-state index contributed by atoms with van der Waals surface area (Å²) >= 11 is 0. The molecule has 0 aromatic carbocycles. The summed E-state index contributed by atoms with van der Waals surface area (Å²) < 4.78 is 12.0. The molecule has 1 heterocycles. The van der Waals surface area contributed by atoms with Gasteiger partial charge >= 0.3 is 0 Å². The topological polar surface area (TPSA) is 38.8 Å². The van der Waals surface area contributed by atoms with Crippen LogP contribution in [0.25, 0.3) is 0 Å². The number of ether oxygens (including phenoxy) is 1. The Kier molecular flexibility index (Phi) is 5.08. The van der Waals surface area contributed by atoms with Crippen molar-refractivity contribution >= 4 is 14.1 Å². The van der Waals surface area contributed by atoms with Gasteiger partial charge in [-0.1, -0.05) is 45.4 Å². The average Bonchev–Trinajstić information content (AvgIpc) is 3.07. The smallest absolute Gasteiger partial charge is 0.184 e. The van der Waals surface area contributed by atoms with Crippen molar-refractivity contribution in [2.45, 2.75) is 95.7 Å².